The number of rotatable bonds is 6. The number of hydrogen-bond donors (Lipinski definition) is 3. The quantitative estimate of drug-likeness (QED) is 0.648. The van der Waals surface area contributed by atoms with E-state index in [1.54, 1.807) is 6.07 Å². The van der Waals surface area contributed by atoms with E-state index in [0.29, 0.717) is 27.0 Å². The monoisotopic (exact) mass is 397 g/mol. The normalized spacial score (nSPS) is 11.6. The van der Waals surface area contributed by atoms with E-state index in [0.717, 1.165) is 11.0 Å². The fraction of sp³-hybridized carbons (Fsp3) is 0.333. The molecule has 2 rings (SSSR count). The summed E-state index contributed by atoms with van der Waals surface area (Å²) >= 11 is 13.2. The summed E-state index contributed by atoms with van der Waals surface area (Å²) in [6, 6.07) is 1.64. The minimum absolute atomic E-state index is 0.00536. The molecule has 0 aliphatic carbocycles. The van der Waals surface area contributed by atoms with Gasteiger partial charge in [-0.15, -0.1) is 11.3 Å². The maximum Gasteiger partial charge on any atom is 0.267 e. The van der Waals surface area contributed by atoms with Gasteiger partial charge in [0.1, 0.15) is 10.0 Å². The zero-order chi connectivity index (χ0) is 17.2. The summed E-state index contributed by atoms with van der Waals surface area (Å²) in [7, 11) is -3.55. The Morgan fingerprint density at radius 2 is 2.04 bits per heavy atom. The lowest BCUT2D eigenvalue weighted by Crippen LogP contribution is -2.30. The minimum Gasteiger partial charge on any atom is -0.351 e. The van der Waals surface area contributed by atoms with Crippen molar-refractivity contribution in [2.45, 2.75) is 12.8 Å². The second kappa shape index (κ2) is 7.08. The number of nitrogens with one attached hydrogen (secondary N) is 3. The molecule has 0 fully saturated rings. The first-order valence-corrected chi connectivity index (χ1v) is 9.89. The van der Waals surface area contributed by atoms with Crippen LogP contribution in [0, 0.1) is 0 Å². The Morgan fingerprint density at radius 1 is 1.35 bits per heavy atom. The van der Waals surface area contributed by atoms with Crippen LogP contribution in [0.25, 0.3) is 10.2 Å². The van der Waals surface area contributed by atoms with Crippen LogP contribution in [0.5, 0.6) is 0 Å². The van der Waals surface area contributed by atoms with Crippen molar-refractivity contribution in [2.24, 2.45) is 0 Å². The van der Waals surface area contributed by atoms with Gasteiger partial charge in [-0.3, -0.25) is 14.3 Å². The van der Waals surface area contributed by atoms with Crippen molar-refractivity contribution in [1.82, 2.24) is 15.0 Å². The predicted octanol–water partition coefficient (Wildman–Crippen LogP) is 2.12. The molecule has 3 N–H and O–H groups in total. The molecule has 0 atom stereocenters. The van der Waals surface area contributed by atoms with Gasteiger partial charge >= 0.3 is 0 Å². The molecule has 0 unspecified atom stereocenters. The summed E-state index contributed by atoms with van der Waals surface area (Å²) < 4.78 is 24.8. The number of carbonyl (C=O) groups excluding carboxylic acids is 2. The van der Waals surface area contributed by atoms with Gasteiger partial charge in [0.2, 0.25) is 15.9 Å². The highest BCUT2D eigenvalue weighted by atomic mass is 35.5. The third-order valence-corrected chi connectivity index (χ3v) is 5.31. The maximum absolute atomic E-state index is 12.0. The van der Waals surface area contributed by atoms with Crippen LogP contribution < -0.4 is 10.0 Å². The molecular weight excluding hydrogens is 385 g/mol. The summed E-state index contributed by atoms with van der Waals surface area (Å²) in [4.78, 5) is 26.2. The van der Waals surface area contributed by atoms with Crippen LogP contribution in [0.15, 0.2) is 6.07 Å². The van der Waals surface area contributed by atoms with Crippen LogP contribution in [0.3, 0.4) is 0 Å². The first-order chi connectivity index (χ1) is 10.7. The van der Waals surface area contributed by atoms with Gasteiger partial charge in [-0.2, -0.15) is 0 Å². The summed E-state index contributed by atoms with van der Waals surface area (Å²) in [6.07, 6.45) is 1.21. The van der Waals surface area contributed by atoms with Gasteiger partial charge in [0.05, 0.1) is 21.5 Å². The molecule has 0 aliphatic heterocycles. The molecule has 0 saturated heterocycles. The fourth-order valence-corrected chi connectivity index (χ4v) is 3.84. The van der Waals surface area contributed by atoms with Gasteiger partial charge in [-0.25, -0.2) is 8.42 Å². The molecule has 11 heteroatoms. The van der Waals surface area contributed by atoms with Crippen LogP contribution in [-0.2, 0) is 14.8 Å². The molecular formula is C12H13Cl2N3O4S2. The number of aromatic amines is 1. The second-order valence-electron chi connectivity index (χ2n) is 4.77. The molecule has 2 heterocycles. The largest absolute Gasteiger partial charge is 0.351 e. The average Bonchev–Trinajstić information content (AvgIpc) is 2.94. The van der Waals surface area contributed by atoms with Crippen LogP contribution in [0.1, 0.15) is 23.3 Å². The number of amides is 2. The maximum atomic E-state index is 12.0. The van der Waals surface area contributed by atoms with Gasteiger partial charge in [0.15, 0.2) is 0 Å². The molecule has 2 aromatic heterocycles. The third-order valence-electron chi connectivity index (χ3n) is 2.78. The smallest absolute Gasteiger partial charge is 0.267 e. The van der Waals surface area contributed by atoms with Crippen molar-refractivity contribution in [3.05, 3.63) is 21.1 Å². The number of thiophene rings is 1. The Morgan fingerprint density at radius 3 is 2.65 bits per heavy atom. The second-order valence-corrected chi connectivity index (χ2v) is 8.55. The number of halogens is 2. The van der Waals surface area contributed by atoms with Crippen LogP contribution in [-0.4, -0.2) is 38.0 Å². The zero-order valence-corrected chi connectivity index (χ0v) is 15.0. The lowest BCUT2D eigenvalue weighted by molar-refractivity contribution is -0.119. The number of carbonyl (C=O) groups is 2. The molecule has 0 radical (unpaired) electrons. The first-order valence-electron chi connectivity index (χ1n) is 6.42. The summed E-state index contributed by atoms with van der Waals surface area (Å²) in [5, 5.41) is 3.01. The Labute approximate surface area is 146 Å². The highest BCUT2D eigenvalue weighted by molar-refractivity contribution is 7.89. The number of sulfonamides is 1. The SMILES string of the molecule is CS(=O)(=O)NC(=O)CCCNC(=O)c1cc2sc(Cl)c(Cl)c2[nH]1. The van der Waals surface area contributed by atoms with E-state index in [2.05, 4.69) is 10.3 Å². The van der Waals surface area contributed by atoms with Crippen molar-refractivity contribution in [2.75, 3.05) is 12.8 Å². The third kappa shape index (κ3) is 4.84. The molecule has 0 spiro atoms. The minimum atomic E-state index is -3.55. The molecule has 2 aromatic rings. The Bertz CT molecular complexity index is 857. The van der Waals surface area contributed by atoms with Crippen molar-refractivity contribution in [1.29, 1.82) is 0 Å². The summed E-state index contributed by atoms with van der Waals surface area (Å²) in [5.41, 5.74) is 0.949. The molecule has 0 saturated carbocycles. The molecule has 23 heavy (non-hydrogen) atoms. The number of H-pyrrole nitrogens is 1. The van der Waals surface area contributed by atoms with E-state index >= 15 is 0 Å². The van der Waals surface area contributed by atoms with E-state index < -0.39 is 15.9 Å². The van der Waals surface area contributed by atoms with E-state index in [4.69, 9.17) is 23.2 Å². The van der Waals surface area contributed by atoms with E-state index in [-0.39, 0.29) is 18.9 Å². The van der Waals surface area contributed by atoms with Crippen LogP contribution in [0.4, 0.5) is 0 Å². The molecule has 0 aromatic carbocycles. The average molecular weight is 398 g/mol. The fourth-order valence-electron chi connectivity index (χ4n) is 1.84. The molecule has 0 aliphatic rings. The summed E-state index contributed by atoms with van der Waals surface area (Å²) in [6.45, 7) is 0.233. The van der Waals surface area contributed by atoms with E-state index in [1.807, 2.05) is 4.72 Å². The Hall–Kier alpha value is -1.29. The van der Waals surface area contributed by atoms with Crippen molar-refractivity contribution < 1.29 is 18.0 Å². The van der Waals surface area contributed by atoms with Gasteiger partial charge in [0.25, 0.3) is 5.91 Å². The standard InChI is InChI=1S/C12H13Cl2N3O4S2/c1-23(20,21)17-8(18)3-2-4-15-12(19)6-5-7-10(16-6)9(13)11(14)22-7/h5,16H,2-4H2,1H3,(H,15,19)(H,17,18). The van der Waals surface area contributed by atoms with Gasteiger partial charge < -0.3 is 10.3 Å². The number of fused-ring (bicyclic) bond motifs is 1. The molecule has 126 valence electrons. The molecule has 0 bridgehead atoms. The van der Waals surface area contributed by atoms with Crippen LogP contribution >= 0.6 is 34.5 Å². The first kappa shape index (κ1) is 18.1. The predicted molar refractivity (Wildman–Crippen MR) is 90.7 cm³/mol. The lowest BCUT2D eigenvalue weighted by Gasteiger charge is -2.04. The van der Waals surface area contributed by atoms with Crippen LogP contribution in [0.2, 0.25) is 9.36 Å². The highest BCUT2D eigenvalue weighted by Crippen LogP contribution is 2.38. The topological polar surface area (TPSA) is 108 Å². The molecule has 7 nitrogen and oxygen atoms in total. The zero-order valence-electron chi connectivity index (χ0n) is 11.9. The Balaban J connectivity index is 1.83. The van der Waals surface area contributed by atoms with E-state index in [9.17, 15) is 18.0 Å². The number of hydrogen-bond acceptors (Lipinski definition) is 5. The molecule has 2 amide bonds. The van der Waals surface area contributed by atoms with E-state index in [1.165, 1.54) is 11.3 Å². The lowest BCUT2D eigenvalue weighted by atomic mass is 10.3. The van der Waals surface area contributed by atoms with Crippen molar-refractivity contribution >= 4 is 66.6 Å². The number of aromatic nitrogens is 1. The van der Waals surface area contributed by atoms with Gasteiger partial charge in [-0.05, 0) is 12.5 Å². The highest BCUT2D eigenvalue weighted by Gasteiger charge is 2.15. The van der Waals surface area contributed by atoms with Gasteiger partial charge in [-0.1, -0.05) is 23.2 Å². The van der Waals surface area contributed by atoms with Gasteiger partial charge in [0, 0.05) is 13.0 Å². The Kier molecular flexibility index (Phi) is 5.56. The van der Waals surface area contributed by atoms with Crippen molar-refractivity contribution in [3.63, 3.8) is 0 Å². The summed E-state index contributed by atoms with van der Waals surface area (Å²) in [5.74, 6) is -0.951. The van der Waals surface area contributed by atoms with Crippen molar-refractivity contribution in [3.8, 4) is 0 Å².